The van der Waals surface area contributed by atoms with E-state index in [1.165, 1.54) is 6.07 Å². The molecule has 1 aromatic heterocycles. The summed E-state index contributed by atoms with van der Waals surface area (Å²) < 4.78 is 20.4. The van der Waals surface area contributed by atoms with E-state index in [2.05, 4.69) is 15.3 Å². The van der Waals surface area contributed by atoms with E-state index < -0.39 is 17.4 Å². The molecule has 1 fully saturated rings. The van der Waals surface area contributed by atoms with Gasteiger partial charge in [-0.2, -0.15) is 4.98 Å². The van der Waals surface area contributed by atoms with E-state index >= 15 is 0 Å². The first-order valence-corrected chi connectivity index (χ1v) is 8.29. The summed E-state index contributed by atoms with van der Waals surface area (Å²) in [5.74, 6) is -0.324. The zero-order valence-electron chi connectivity index (χ0n) is 14.2. The van der Waals surface area contributed by atoms with Crippen molar-refractivity contribution in [2.45, 2.75) is 38.8 Å². The molecule has 0 unspecified atom stereocenters. The molecular formula is C17H21FN4O3. The number of hydrogen-bond donors (Lipinski definition) is 2. The molecule has 0 radical (unpaired) electrons. The number of ether oxygens (including phenoxy) is 1. The van der Waals surface area contributed by atoms with Gasteiger partial charge >= 0.3 is 11.4 Å². The first kappa shape index (κ1) is 17.3. The highest BCUT2D eigenvalue weighted by Gasteiger charge is 2.21. The summed E-state index contributed by atoms with van der Waals surface area (Å²) in [6, 6.07) is 4.12. The molecule has 1 aromatic carbocycles. The zero-order valence-corrected chi connectivity index (χ0v) is 14.2. The Bertz CT molecular complexity index is 840. The van der Waals surface area contributed by atoms with Crippen LogP contribution in [0.1, 0.15) is 43.0 Å². The SMILES string of the molecule is Cc1ccc(F)c([C@H](C)Nc2nc(=O)n(C3CCOCC3)c(=O)[nH]2)c1. The Morgan fingerprint density at radius 1 is 1.36 bits per heavy atom. The van der Waals surface area contributed by atoms with E-state index in [9.17, 15) is 14.0 Å². The third-order valence-corrected chi connectivity index (χ3v) is 4.38. The molecule has 2 heterocycles. The van der Waals surface area contributed by atoms with Crippen LogP contribution >= 0.6 is 0 Å². The number of rotatable bonds is 4. The van der Waals surface area contributed by atoms with Crippen molar-refractivity contribution >= 4 is 5.95 Å². The molecule has 8 heteroatoms. The monoisotopic (exact) mass is 348 g/mol. The van der Waals surface area contributed by atoms with Crippen LogP contribution in [0.25, 0.3) is 0 Å². The number of H-pyrrole nitrogens is 1. The third kappa shape index (κ3) is 3.79. The van der Waals surface area contributed by atoms with Crippen LogP contribution in [-0.2, 0) is 4.74 Å². The van der Waals surface area contributed by atoms with Gasteiger partial charge in [0.1, 0.15) is 5.82 Å². The fourth-order valence-corrected chi connectivity index (χ4v) is 3.04. The van der Waals surface area contributed by atoms with Gasteiger partial charge < -0.3 is 10.1 Å². The number of aromatic amines is 1. The van der Waals surface area contributed by atoms with E-state index in [-0.39, 0.29) is 17.8 Å². The third-order valence-electron chi connectivity index (χ3n) is 4.38. The minimum Gasteiger partial charge on any atom is -0.381 e. The largest absolute Gasteiger partial charge is 0.381 e. The summed E-state index contributed by atoms with van der Waals surface area (Å²) >= 11 is 0. The molecule has 0 saturated carbocycles. The van der Waals surface area contributed by atoms with Crippen LogP contribution < -0.4 is 16.7 Å². The molecule has 1 aliphatic rings. The summed E-state index contributed by atoms with van der Waals surface area (Å²) in [6.07, 6.45) is 1.20. The van der Waals surface area contributed by atoms with Crippen molar-refractivity contribution in [3.8, 4) is 0 Å². The second-order valence-corrected chi connectivity index (χ2v) is 6.28. The molecular weight excluding hydrogens is 327 g/mol. The number of nitrogens with one attached hydrogen (secondary N) is 2. The van der Waals surface area contributed by atoms with Gasteiger partial charge in [0.25, 0.3) is 0 Å². The smallest absolute Gasteiger partial charge is 0.355 e. The minimum atomic E-state index is -0.616. The summed E-state index contributed by atoms with van der Waals surface area (Å²) in [6.45, 7) is 4.63. The predicted molar refractivity (Wildman–Crippen MR) is 91.4 cm³/mol. The summed E-state index contributed by atoms with van der Waals surface area (Å²) in [7, 11) is 0. The van der Waals surface area contributed by atoms with E-state index in [1.54, 1.807) is 19.1 Å². The Balaban J connectivity index is 1.85. The lowest BCUT2D eigenvalue weighted by Gasteiger charge is -2.23. The standard InChI is InChI=1S/C17H21FN4O3/c1-10-3-4-14(18)13(9-10)11(2)19-15-20-16(23)22(17(24)21-15)12-5-7-25-8-6-12/h3-4,9,11-12H,5-8H2,1-2H3,(H2,19,20,21,23,24)/t11-/m0/s1. The molecule has 25 heavy (non-hydrogen) atoms. The Hall–Kier alpha value is -2.48. The number of anilines is 1. The lowest BCUT2D eigenvalue weighted by Crippen LogP contribution is -2.42. The average molecular weight is 348 g/mol. The molecule has 1 saturated heterocycles. The number of nitrogens with zero attached hydrogens (tertiary/aromatic N) is 2. The fourth-order valence-electron chi connectivity index (χ4n) is 3.04. The number of hydrogen-bond acceptors (Lipinski definition) is 5. The molecule has 1 aliphatic heterocycles. The molecule has 0 bridgehead atoms. The second kappa shape index (κ2) is 7.18. The maximum atomic E-state index is 14.0. The van der Waals surface area contributed by atoms with E-state index in [4.69, 9.17) is 4.74 Å². The topological polar surface area (TPSA) is 89.0 Å². The van der Waals surface area contributed by atoms with Crippen LogP contribution in [0, 0.1) is 12.7 Å². The Labute approximate surface area is 143 Å². The zero-order chi connectivity index (χ0) is 18.0. The summed E-state index contributed by atoms with van der Waals surface area (Å²) in [5, 5.41) is 2.89. The predicted octanol–water partition coefficient (Wildman–Crippen LogP) is 1.90. The molecule has 1 atom stereocenters. The highest BCUT2D eigenvalue weighted by Crippen LogP contribution is 2.21. The number of benzene rings is 1. The number of aromatic nitrogens is 3. The maximum absolute atomic E-state index is 14.0. The van der Waals surface area contributed by atoms with Crippen LogP contribution in [0.5, 0.6) is 0 Å². The molecule has 0 aliphatic carbocycles. The highest BCUT2D eigenvalue weighted by atomic mass is 19.1. The van der Waals surface area contributed by atoms with E-state index in [1.807, 2.05) is 6.92 Å². The fraction of sp³-hybridized carbons (Fsp3) is 0.471. The normalized spacial score (nSPS) is 16.6. The minimum absolute atomic E-state index is 0.0340. The van der Waals surface area contributed by atoms with Gasteiger partial charge in [-0.25, -0.2) is 18.5 Å². The maximum Gasteiger partial charge on any atom is 0.355 e. The molecule has 134 valence electrons. The highest BCUT2D eigenvalue weighted by molar-refractivity contribution is 5.33. The van der Waals surface area contributed by atoms with Gasteiger partial charge in [0.2, 0.25) is 5.95 Å². The van der Waals surface area contributed by atoms with E-state index in [0.29, 0.717) is 31.6 Å². The number of halogens is 1. The van der Waals surface area contributed by atoms with Crippen molar-refractivity contribution in [1.29, 1.82) is 0 Å². The molecule has 7 nitrogen and oxygen atoms in total. The van der Waals surface area contributed by atoms with Gasteiger partial charge in [-0.1, -0.05) is 17.7 Å². The van der Waals surface area contributed by atoms with Crippen LogP contribution in [-0.4, -0.2) is 27.7 Å². The lowest BCUT2D eigenvalue weighted by molar-refractivity contribution is 0.0670. The lowest BCUT2D eigenvalue weighted by atomic mass is 10.1. The van der Waals surface area contributed by atoms with Gasteiger partial charge in [-0.15, -0.1) is 0 Å². The van der Waals surface area contributed by atoms with Gasteiger partial charge in [0.15, 0.2) is 0 Å². The molecule has 0 amide bonds. The molecule has 3 rings (SSSR count). The van der Waals surface area contributed by atoms with Crippen molar-refractivity contribution < 1.29 is 9.13 Å². The molecule has 0 spiro atoms. The van der Waals surface area contributed by atoms with Crippen molar-refractivity contribution in [2.75, 3.05) is 18.5 Å². The van der Waals surface area contributed by atoms with Crippen molar-refractivity contribution in [3.63, 3.8) is 0 Å². The molecule has 2 N–H and O–H groups in total. The number of aryl methyl sites for hydroxylation is 1. The Kier molecular flexibility index (Phi) is 4.98. The van der Waals surface area contributed by atoms with Gasteiger partial charge in [0, 0.05) is 24.8 Å². The van der Waals surface area contributed by atoms with Gasteiger partial charge in [0.05, 0.1) is 6.04 Å². The van der Waals surface area contributed by atoms with Crippen LogP contribution in [0.3, 0.4) is 0 Å². The van der Waals surface area contributed by atoms with Crippen LogP contribution in [0.4, 0.5) is 10.3 Å². The van der Waals surface area contributed by atoms with Gasteiger partial charge in [-0.05, 0) is 32.8 Å². The Morgan fingerprint density at radius 2 is 2.08 bits per heavy atom. The molecule has 2 aromatic rings. The average Bonchev–Trinajstić information content (AvgIpc) is 2.57. The summed E-state index contributed by atoms with van der Waals surface area (Å²) in [4.78, 5) is 31.1. The first-order valence-electron chi connectivity index (χ1n) is 8.29. The van der Waals surface area contributed by atoms with Crippen molar-refractivity contribution in [2.24, 2.45) is 0 Å². The van der Waals surface area contributed by atoms with Crippen LogP contribution in [0.15, 0.2) is 27.8 Å². The Morgan fingerprint density at radius 3 is 2.76 bits per heavy atom. The van der Waals surface area contributed by atoms with E-state index in [0.717, 1.165) is 10.1 Å². The summed E-state index contributed by atoms with van der Waals surface area (Å²) in [5.41, 5.74) is 0.221. The first-order chi connectivity index (χ1) is 12.0. The quantitative estimate of drug-likeness (QED) is 0.881. The van der Waals surface area contributed by atoms with Gasteiger partial charge in [-0.3, -0.25) is 4.98 Å². The second-order valence-electron chi connectivity index (χ2n) is 6.28. The van der Waals surface area contributed by atoms with Crippen molar-refractivity contribution in [1.82, 2.24) is 14.5 Å². The van der Waals surface area contributed by atoms with Crippen molar-refractivity contribution in [3.05, 3.63) is 56.1 Å². The van der Waals surface area contributed by atoms with Crippen LogP contribution in [0.2, 0.25) is 0 Å².